The lowest BCUT2D eigenvalue weighted by Gasteiger charge is -2.36. The molecule has 116 valence electrons. The number of ether oxygens (including phenoxy) is 1. The Morgan fingerprint density at radius 1 is 1.29 bits per heavy atom. The second-order valence-corrected chi connectivity index (χ2v) is 8.46. The zero-order valence-electron chi connectivity index (χ0n) is 12.5. The van der Waals surface area contributed by atoms with Gasteiger partial charge in [0.25, 0.3) is 0 Å². The van der Waals surface area contributed by atoms with Crippen molar-refractivity contribution < 1.29 is 9.84 Å². The van der Waals surface area contributed by atoms with E-state index in [4.69, 9.17) is 4.74 Å². The second kappa shape index (κ2) is 7.30. The Bertz CT molecular complexity index is 466. The number of benzene rings is 1. The highest BCUT2D eigenvalue weighted by atomic mass is 32.2. The molecule has 2 heterocycles. The van der Waals surface area contributed by atoms with E-state index in [-0.39, 0.29) is 6.10 Å². The van der Waals surface area contributed by atoms with Gasteiger partial charge in [0, 0.05) is 22.0 Å². The summed E-state index contributed by atoms with van der Waals surface area (Å²) in [4.78, 5) is 0. The topological polar surface area (TPSA) is 29.5 Å². The number of hydrogen-bond acceptors (Lipinski definition) is 4. The molecule has 1 aromatic carbocycles. The molecule has 0 aliphatic carbocycles. The molecule has 4 unspecified atom stereocenters. The Hall–Kier alpha value is -0.320. The molecule has 0 radical (unpaired) electrons. The summed E-state index contributed by atoms with van der Waals surface area (Å²) in [5, 5.41) is 11.8. The Kier molecular flexibility index (Phi) is 5.41. The molecule has 4 atom stereocenters. The largest absolute Gasteiger partial charge is 0.493 e. The molecule has 1 N–H and O–H groups in total. The van der Waals surface area contributed by atoms with Gasteiger partial charge in [-0.2, -0.15) is 23.5 Å². The summed E-state index contributed by atoms with van der Waals surface area (Å²) in [6, 6.07) is 8.31. The van der Waals surface area contributed by atoms with E-state index in [2.05, 4.69) is 19.1 Å². The quantitative estimate of drug-likeness (QED) is 0.909. The van der Waals surface area contributed by atoms with Crippen LogP contribution in [-0.4, -0.2) is 39.8 Å². The Morgan fingerprint density at radius 2 is 2.10 bits per heavy atom. The van der Waals surface area contributed by atoms with Gasteiger partial charge in [-0.05, 0) is 36.8 Å². The van der Waals surface area contributed by atoms with Crippen LogP contribution in [-0.2, 0) is 0 Å². The number of para-hydroxylation sites is 1. The number of hydrogen-bond donors (Lipinski definition) is 1. The van der Waals surface area contributed by atoms with Crippen LogP contribution in [0.4, 0.5) is 0 Å². The molecule has 1 fully saturated rings. The maximum Gasteiger partial charge on any atom is 0.122 e. The molecule has 1 aromatic rings. The van der Waals surface area contributed by atoms with Crippen molar-refractivity contribution in [1.29, 1.82) is 0 Å². The zero-order chi connectivity index (χ0) is 14.7. The molecule has 21 heavy (non-hydrogen) atoms. The van der Waals surface area contributed by atoms with E-state index in [0.29, 0.717) is 16.4 Å². The fourth-order valence-corrected chi connectivity index (χ4v) is 6.54. The van der Waals surface area contributed by atoms with E-state index in [1.165, 1.54) is 17.1 Å². The number of aliphatic hydroxyl groups is 1. The average molecular weight is 325 g/mol. The monoisotopic (exact) mass is 324 g/mol. The lowest BCUT2D eigenvalue weighted by atomic mass is 9.87. The van der Waals surface area contributed by atoms with Crippen LogP contribution in [0, 0.1) is 0 Å². The van der Waals surface area contributed by atoms with Crippen LogP contribution in [0.15, 0.2) is 24.3 Å². The molecular formula is C17H24O2S2. The van der Waals surface area contributed by atoms with Crippen molar-refractivity contribution in [3.05, 3.63) is 29.8 Å². The number of fused-ring (bicyclic) bond motifs is 1. The molecule has 0 bridgehead atoms. The minimum atomic E-state index is -0.205. The van der Waals surface area contributed by atoms with Crippen molar-refractivity contribution in [3.63, 3.8) is 0 Å². The molecule has 3 rings (SSSR count). The predicted octanol–water partition coefficient (Wildman–Crippen LogP) is 3.93. The Labute approximate surface area is 136 Å². The molecule has 4 heteroatoms. The minimum absolute atomic E-state index is 0.205. The number of rotatable bonds is 4. The van der Waals surface area contributed by atoms with Crippen LogP contribution in [0.25, 0.3) is 0 Å². The highest BCUT2D eigenvalue weighted by Gasteiger charge is 2.33. The number of aliphatic hydroxyl groups excluding tert-OH is 1. The van der Waals surface area contributed by atoms with Gasteiger partial charge in [0.05, 0.1) is 12.7 Å². The molecular weight excluding hydrogens is 300 g/mol. The number of thioether (sulfide) groups is 2. The maximum absolute atomic E-state index is 10.8. The first-order valence-electron chi connectivity index (χ1n) is 7.92. The van der Waals surface area contributed by atoms with E-state index in [1.807, 2.05) is 35.7 Å². The van der Waals surface area contributed by atoms with Gasteiger partial charge in [0.1, 0.15) is 5.75 Å². The van der Waals surface area contributed by atoms with Gasteiger partial charge in [-0.3, -0.25) is 0 Å². The molecule has 0 aromatic heterocycles. The third kappa shape index (κ3) is 3.54. The molecule has 2 aliphatic rings. The van der Waals surface area contributed by atoms with Crippen LogP contribution in [0.2, 0.25) is 0 Å². The van der Waals surface area contributed by atoms with E-state index in [9.17, 15) is 5.11 Å². The Morgan fingerprint density at radius 3 is 2.95 bits per heavy atom. The van der Waals surface area contributed by atoms with Crippen LogP contribution in [0.1, 0.15) is 37.7 Å². The molecule has 0 saturated carbocycles. The van der Waals surface area contributed by atoms with Crippen molar-refractivity contribution in [2.24, 2.45) is 0 Å². The van der Waals surface area contributed by atoms with Crippen LogP contribution < -0.4 is 4.74 Å². The minimum Gasteiger partial charge on any atom is -0.493 e. The third-order valence-corrected chi connectivity index (χ3v) is 7.87. The maximum atomic E-state index is 10.8. The van der Waals surface area contributed by atoms with Gasteiger partial charge in [0.15, 0.2) is 0 Å². The normalized spacial score (nSPS) is 30.3. The first kappa shape index (κ1) is 15.6. The lowest BCUT2D eigenvalue weighted by molar-refractivity contribution is 0.139. The summed E-state index contributed by atoms with van der Waals surface area (Å²) in [6.45, 7) is 3.02. The molecule has 2 nitrogen and oxygen atoms in total. The van der Waals surface area contributed by atoms with Crippen molar-refractivity contribution in [3.8, 4) is 5.75 Å². The lowest BCUT2D eigenvalue weighted by Crippen LogP contribution is -2.37. The Balaban J connectivity index is 1.69. The van der Waals surface area contributed by atoms with Crippen molar-refractivity contribution in [1.82, 2.24) is 0 Å². The van der Waals surface area contributed by atoms with Gasteiger partial charge < -0.3 is 9.84 Å². The van der Waals surface area contributed by atoms with E-state index in [1.54, 1.807) is 0 Å². The smallest absolute Gasteiger partial charge is 0.122 e. The van der Waals surface area contributed by atoms with Gasteiger partial charge in [-0.25, -0.2) is 0 Å². The zero-order valence-corrected chi connectivity index (χ0v) is 14.2. The summed E-state index contributed by atoms with van der Waals surface area (Å²) < 4.78 is 5.73. The highest BCUT2D eigenvalue weighted by Crippen LogP contribution is 2.41. The summed E-state index contributed by atoms with van der Waals surface area (Å²) in [5.41, 5.74) is 1.28. The third-order valence-electron chi connectivity index (χ3n) is 4.48. The molecule has 1 saturated heterocycles. The van der Waals surface area contributed by atoms with Crippen molar-refractivity contribution in [2.45, 2.75) is 48.7 Å². The van der Waals surface area contributed by atoms with Crippen molar-refractivity contribution in [2.75, 3.05) is 18.1 Å². The fourth-order valence-electron chi connectivity index (χ4n) is 3.38. The summed E-state index contributed by atoms with van der Waals surface area (Å²) in [5.74, 6) is 3.85. The molecule has 0 spiro atoms. The van der Waals surface area contributed by atoms with Gasteiger partial charge in [-0.15, -0.1) is 0 Å². The van der Waals surface area contributed by atoms with Crippen molar-refractivity contribution >= 4 is 23.5 Å². The summed E-state index contributed by atoms with van der Waals surface area (Å²) in [6.07, 6.45) is 2.85. The predicted molar refractivity (Wildman–Crippen MR) is 92.7 cm³/mol. The van der Waals surface area contributed by atoms with E-state index >= 15 is 0 Å². The average Bonchev–Trinajstić information content (AvgIpc) is 2.55. The second-order valence-electron chi connectivity index (χ2n) is 5.83. The molecule has 2 aliphatic heterocycles. The summed E-state index contributed by atoms with van der Waals surface area (Å²) >= 11 is 4.01. The van der Waals surface area contributed by atoms with Gasteiger partial charge in [0.2, 0.25) is 0 Å². The van der Waals surface area contributed by atoms with Gasteiger partial charge in [-0.1, -0.05) is 25.1 Å². The van der Waals surface area contributed by atoms with Crippen LogP contribution in [0.5, 0.6) is 5.75 Å². The molecule has 0 amide bonds. The van der Waals surface area contributed by atoms with E-state index in [0.717, 1.165) is 31.6 Å². The summed E-state index contributed by atoms with van der Waals surface area (Å²) in [7, 11) is 0. The van der Waals surface area contributed by atoms with Crippen LogP contribution >= 0.6 is 23.5 Å². The van der Waals surface area contributed by atoms with Crippen LogP contribution in [0.3, 0.4) is 0 Å². The fraction of sp³-hybridized carbons (Fsp3) is 0.647. The highest BCUT2D eigenvalue weighted by molar-refractivity contribution is 8.07. The first-order chi connectivity index (χ1) is 10.3. The first-order valence-corrected chi connectivity index (χ1v) is 10.0. The van der Waals surface area contributed by atoms with Gasteiger partial charge >= 0.3 is 0 Å². The van der Waals surface area contributed by atoms with E-state index < -0.39 is 0 Å². The standard InChI is InChI=1S/C17H24O2S2/c1-2-16-17(21-10-9-20-16)14(18)11-12-7-8-19-15-6-4-3-5-13(12)15/h3-6,12,14,16-18H,2,7-11H2,1H3. The SMILES string of the molecule is CCC1SCCSC1C(O)CC1CCOc2ccccc21.